The molecule has 1 aromatic carbocycles. The molecule has 5 nitrogen and oxygen atoms in total. The highest BCUT2D eigenvalue weighted by molar-refractivity contribution is 5.60. The number of nitrogens with zero attached hydrogens (tertiary/aromatic N) is 1. The van der Waals surface area contributed by atoms with Crippen molar-refractivity contribution < 1.29 is 4.92 Å². The maximum atomic E-state index is 10.9. The largest absolute Gasteiger partial charge is 0.381 e. The standard InChI is InChI=1S/C13H21N3O2/c1-9(2)7-11(8-14)15-12-5-4-6-13(10(12)3)16(17)18/h4-6,9,11,15H,7-8,14H2,1-3H3. The summed E-state index contributed by atoms with van der Waals surface area (Å²) in [7, 11) is 0. The van der Waals surface area contributed by atoms with E-state index in [-0.39, 0.29) is 16.7 Å². The highest BCUT2D eigenvalue weighted by Crippen LogP contribution is 2.26. The van der Waals surface area contributed by atoms with Crippen molar-refractivity contribution in [2.75, 3.05) is 11.9 Å². The molecule has 100 valence electrons. The summed E-state index contributed by atoms with van der Waals surface area (Å²) in [5.74, 6) is 0.532. The Morgan fingerprint density at radius 1 is 1.44 bits per heavy atom. The first-order valence-electron chi connectivity index (χ1n) is 6.16. The van der Waals surface area contributed by atoms with E-state index in [9.17, 15) is 10.1 Å². The predicted octanol–water partition coefficient (Wildman–Crippen LogP) is 2.69. The lowest BCUT2D eigenvalue weighted by Crippen LogP contribution is -2.30. The van der Waals surface area contributed by atoms with Gasteiger partial charge in [-0.3, -0.25) is 10.1 Å². The molecule has 0 saturated heterocycles. The molecule has 0 fully saturated rings. The lowest BCUT2D eigenvalue weighted by Gasteiger charge is -2.21. The van der Waals surface area contributed by atoms with Crippen LogP contribution in [0, 0.1) is 23.0 Å². The molecule has 1 aromatic rings. The summed E-state index contributed by atoms with van der Waals surface area (Å²) >= 11 is 0. The monoisotopic (exact) mass is 251 g/mol. The van der Waals surface area contributed by atoms with Crippen molar-refractivity contribution >= 4 is 11.4 Å². The van der Waals surface area contributed by atoms with Crippen molar-refractivity contribution in [1.29, 1.82) is 0 Å². The van der Waals surface area contributed by atoms with Crippen molar-refractivity contribution in [3.63, 3.8) is 0 Å². The van der Waals surface area contributed by atoms with Gasteiger partial charge in [0, 0.05) is 29.9 Å². The van der Waals surface area contributed by atoms with Crippen molar-refractivity contribution in [2.45, 2.75) is 33.2 Å². The zero-order valence-electron chi connectivity index (χ0n) is 11.1. The Morgan fingerprint density at radius 2 is 2.11 bits per heavy atom. The lowest BCUT2D eigenvalue weighted by molar-refractivity contribution is -0.385. The molecule has 3 N–H and O–H groups in total. The summed E-state index contributed by atoms with van der Waals surface area (Å²) in [5, 5.41) is 14.2. The Bertz CT molecular complexity index is 419. The molecule has 5 heteroatoms. The third kappa shape index (κ3) is 3.70. The molecule has 0 aliphatic rings. The van der Waals surface area contributed by atoms with Crippen molar-refractivity contribution in [3.8, 4) is 0 Å². The number of nitro benzene ring substituents is 1. The zero-order chi connectivity index (χ0) is 13.7. The molecule has 18 heavy (non-hydrogen) atoms. The van der Waals surface area contributed by atoms with E-state index in [1.165, 1.54) is 6.07 Å². The number of hydrogen-bond acceptors (Lipinski definition) is 4. The first-order chi connectivity index (χ1) is 8.45. The van der Waals surface area contributed by atoms with Gasteiger partial charge in [-0.2, -0.15) is 0 Å². The first-order valence-corrected chi connectivity index (χ1v) is 6.16. The second kappa shape index (κ2) is 6.35. The van der Waals surface area contributed by atoms with Gasteiger partial charge < -0.3 is 11.1 Å². The highest BCUT2D eigenvalue weighted by atomic mass is 16.6. The molecular weight excluding hydrogens is 230 g/mol. The molecule has 0 spiro atoms. The number of hydrogen-bond donors (Lipinski definition) is 2. The highest BCUT2D eigenvalue weighted by Gasteiger charge is 2.15. The Kier molecular flexibility index (Phi) is 5.09. The lowest BCUT2D eigenvalue weighted by atomic mass is 10.0. The second-order valence-electron chi connectivity index (χ2n) is 4.91. The predicted molar refractivity (Wildman–Crippen MR) is 73.8 cm³/mol. The Labute approximate surface area is 108 Å². The summed E-state index contributed by atoms with van der Waals surface area (Å²) in [5.41, 5.74) is 7.31. The summed E-state index contributed by atoms with van der Waals surface area (Å²) < 4.78 is 0. The molecule has 0 aliphatic carbocycles. The van der Waals surface area contributed by atoms with Crippen molar-refractivity contribution in [1.82, 2.24) is 0 Å². The fraction of sp³-hybridized carbons (Fsp3) is 0.538. The topological polar surface area (TPSA) is 81.2 Å². The van der Waals surface area contributed by atoms with Gasteiger partial charge in [-0.25, -0.2) is 0 Å². The number of benzene rings is 1. The molecule has 0 heterocycles. The van der Waals surface area contributed by atoms with Gasteiger partial charge in [-0.15, -0.1) is 0 Å². The van der Waals surface area contributed by atoms with E-state index in [0.717, 1.165) is 12.1 Å². The number of nitro groups is 1. The van der Waals surface area contributed by atoms with E-state index in [4.69, 9.17) is 5.73 Å². The Morgan fingerprint density at radius 3 is 2.61 bits per heavy atom. The van der Waals surface area contributed by atoms with Crippen LogP contribution in [0.5, 0.6) is 0 Å². The number of rotatable bonds is 6. The third-order valence-electron chi connectivity index (χ3n) is 2.90. The van der Waals surface area contributed by atoms with Gasteiger partial charge in [0.1, 0.15) is 0 Å². The van der Waals surface area contributed by atoms with Crippen LogP contribution in [0.25, 0.3) is 0 Å². The van der Waals surface area contributed by atoms with E-state index < -0.39 is 0 Å². The van der Waals surface area contributed by atoms with Gasteiger partial charge in [0.05, 0.1) is 4.92 Å². The zero-order valence-corrected chi connectivity index (χ0v) is 11.1. The van der Waals surface area contributed by atoms with Crippen LogP contribution in [0.4, 0.5) is 11.4 Å². The Hall–Kier alpha value is -1.62. The minimum Gasteiger partial charge on any atom is -0.381 e. The molecule has 0 bridgehead atoms. The van der Waals surface area contributed by atoms with Crippen molar-refractivity contribution in [3.05, 3.63) is 33.9 Å². The maximum Gasteiger partial charge on any atom is 0.274 e. The van der Waals surface area contributed by atoms with Crippen LogP contribution < -0.4 is 11.1 Å². The number of anilines is 1. The van der Waals surface area contributed by atoms with E-state index in [0.29, 0.717) is 18.0 Å². The van der Waals surface area contributed by atoms with Gasteiger partial charge in [0.25, 0.3) is 5.69 Å². The van der Waals surface area contributed by atoms with Crippen molar-refractivity contribution in [2.24, 2.45) is 11.7 Å². The van der Waals surface area contributed by atoms with E-state index in [1.54, 1.807) is 13.0 Å². The van der Waals surface area contributed by atoms with E-state index >= 15 is 0 Å². The van der Waals surface area contributed by atoms with Gasteiger partial charge in [0.15, 0.2) is 0 Å². The fourth-order valence-electron chi connectivity index (χ4n) is 1.98. The average Bonchev–Trinajstić information content (AvgIpc) is 2.29. The molecule has 0 aromatic heterocycles. The van der Waals surface area contributed by atoms with Crippen LogP contribution in [0.1, 0.15) is 25.8 Å². The number of nitrogens with two attached hydrogens (primary N) is 1. The summed E-state index contributed by atoms with van der Waals surface area (Å²) in [6, 6.07) is 5.20. The smallest absolute Gasteiger partial charge is 0.274 e. The minimum absolute atomic E-state index is 0.139. The van der Waals surface area contributed by atoms with Crippen LogP contribution >= 0.6 is 0 Å². The van der Waals surface area contributed by atoms with E-state index in [2.05, 4.69) is 19.2 Å². The van der Waals surface area contributed by atoms with E-state index in [1.807, 2.05) is 6.07 Å². The molecule has 0 amide bonds. The van der Waals surface area contributed by atoms with Gasteiger partial charge in [-0.1, -0.05) is 19.9 Å². The quantitative estimate of drug-likeness (QED) is 0.601. The molecule has 0 saturated carbocycles. The minimum atomic E-state index is -0.361. The van der Waals surface area contributed by atoms with Gasteiger partial charge in [0.2, 0.25) is 0 Å². The molecular formula is C13H21N3O2. The third-order valence-corrected chi connectivity index (χ3v) is 2.90. The van der Waals surface area contributed by atoms with Crippen LogP contribution in [0.15, 0.2) is 18.2 Å². The van der Waals surface area contributed by atoms with Gasteiger partial charge in [-0.05, 0) is 25.3 Å². The van der Waals surface area contributed by atoms with Crippen LogP contribution in [0.3, 0.4) is 0 Å². The van der Waals surface area contributed by atoms with Crippen LogP contribution in [-0.4, -0.2) is 17.5 Å². The Balaban J connectivity index is 2.89. The maximum absolute atomic E-state index is 10.9. The molecule has 0 radical (unpaired) electrons. The first kappa shape index (κ1) is 14.4. The summed E-state index contributed by atoms with van der Waals surface area (Å²) in [6.45, 7) is 6.53. The SMILES string of the molecule is Cc1c(NC(CN)CC(C)C)cccc1[N+](=O)[O-]. The molecule has 1 atom stereocenters. The molecule has 1 rings (SSSR count). The second-order valence-corrected chi connectivity index (χ2v) is 4.91. The number of nitrogens with one attached hydrogen (secondary N) is 1. The van der Waals surface area contributed by atoms with Crippen LogP contribution in [0.2, 0.25) is 0 Å². The normalized spacial score (nSPS) is 12.5. The molecule has 0 aliphatic heterocycles. The van der Waals surface area contributed by atoms with Crippen LogP contribution in [-0.2, 0) is 0 Å². The summed E-state index contributed by atoms with van der Waals surface area (Å²) in [6.07, 6.45) is 0.943. The summed E-state index contributed by atoms with van der Waals surface area (Å²) in [4.78, 5) is 10.5. The average molecular weight is 251 g/mol. The fourth-order valence-corrected chi connectivity index (χ4v) is 1.98. The molecule has 1 unspecified atom stereocenters. The van der Waals surface area contributed by atoms with Gasteiger partial charge >= 0.3 is 0 Å².